The van der Waals surface area contributed by atoms with Crippen LogP contribution in [0.4, 0.5) is 0 Å². The lowest BCUT2D eigenvalue weighted by molar-refractivity contribution is 2.26. The second-order valence-corrected chi connectivity index (χ2v) is 1.43. The van der Waals surface area contributed by atoms with Gasteiger partial charge in [0.1, 0.15) is 0 Å². The Morgan fingerprint density at radius 1 is 1.71 bits per heavy atom. The third-order valence-electron chi connectivity index (χ3n) is 0.446. The van der Waals surface area contributed by atoms with Crippen LogP contribution in [-0.4, -0.2) is 4.86 Å². The molecule has 0 fully saturated rings. The van der Waals surface area contributed by atoms with E-state index in [-0.39, 0.29) is 0 Å². The number of thiocarbonyl (C=S) groups is 1. The smallest absolute Gasteiger partial charge is 0.0448 e. The third kappa shape index (κ3) is 3.17. The summed E-state index contributed by atoms with van der Waals surface area (Å²) in [5, 5.41) is 0. The van der Waals surface area contributed by atoms with Crippen molar-refractivity contribution in [3.8, 4) is 0 Å². The van der Waals surface area contributed by atoms with Gasteiger partial charge in [0.15, 0.2) is 0 Å². The Kier molecular flexibility index (Phi) is 3.21. The van der Waals surface area contributed by atoms with E-state index in [4.69, 9.17) is 0 Å². The van der Waals surface area contributed by atoms with E-state index in [2.05, 4.69) is 31.1 Å². The van der Waals surface area contributed by atoms with E-state index in [1.54, 1.807) is 12.2 Å². The molecule has 0 nitrogen and oxygen atoms in total. The standard InChI is InChI=1S/C6H6S/c1-3-5-6(7)4-2/h4-5H,1-2H2. The van der Waals surface area contributed by atoms with Gasteiger partial charge in [0.25, 0.3) is 0 Å². The van der Waals surface area contributed by atoms with E-state index in [1.165, 1.54) is 0 Å². The Bertz CT molecular complexity index is 127. The first-order valence-corrected chi connectivity index (χ1v) is 2.24. The molecule has 0 saturated carbocycles. The van der Waals surface area contributed by atoms with E-state index >= 15 is 0 Å². The van der Waals surface area contributed by atoms with Gasteiger partial charge >= 0.3 is 0 Å². The second-order valence-electron chi connectivity index (χ2n) is 0.955. The summed E-state index contributed by atoms with van der Waals surface area (Å²) in [6.45, 7) is 6.77. The SMILES string of the molecule is C=C=CC(=S)C=C. The maximum Gasteiger partial charge on any atom is 0.0448 e. The van der Waals surface area contributed by atoms with Gasteiger partial charge in [-0.3, -0.25) is 0 Å². The van der Waals surface area contributed by atoms with Crippen LogP contribution in [0, 0.1) is 0 Å². The Labute approximate surface area is 48.9 Å². The van der Waals surface area contributed by atoms with Gasteiger partial charge in [-0.25, -0.2) is 0 Å². The van der Waals surface area contributed by atoms with Crippen molar-refractivity contribution in [1.29, 1.82) is 0 Å². The zero-order valence-electron chi connectivity index (χ0n) is 3.98. The lowest BCUT2D eigenvalue weighted by Gasteiger charge is -1.73. The van der Waals surface area contributed by atoms with Crippen molar-refractivity contribution in [1.82, 2.24) is 0 Å². The van der Waals surface area contributed by atoms with Crippen LogP contribution in [0.15, 0.2) is 31.0 Å². The van der Waals surface area contributed by atoms with Crippen molar-refractivity contribution in [2.24, 2.45) is 0 Å². The summed E-state index contributed by atoms with van der Waals surface area (Å²) in [7, 11) is 0. The molecule has 0 radical (unpaired) electrons. The number of rotatable bonds is 2. The molecule has 0 aliphatic rings. The molecule has 0 amide bonds. The first-order valence-electron chi connectivity index (χ1n) is 1.83. The highest BCUT2D eigenvalue weighted by molar-refractivity contribution is 7.81. The predicted octanol–water partition coefficient (Wildman–Crippen LogP) is 1.88. The maximum atomic E-state index is 4.68. The van der Waals surface area contributed by atoms with Crippen LogP contribution in [0.25, 0.3) is 0 Å². The van der Waals surface area contributed by atoms with Gasteiger partial charge in [-0.15, -0.1) is 5.73 Å². The largest absolute Gasteiger partial charge is 0.127 e. The molecule has 0 N–H and O–H groups in total. The minimum absolute atomic E-state index is 0.676. The average Bonchev–Trinajstić information content (AvgIpc) is 1.68. The van der Waals surface area contributed by atoms with Crippen LogP contribution >= 0.6 is 12.2 Å². The van der Waals surface area contributed by atoms with Crippen molar-refractivity contribution in [3.63, 3.8) is 0 Å². The van der Waals surface area contributed by atoms with Crippen LogP contribution in [0.5, 0.6) is 0 Å². The molecule has 0 saturated heterocycles. The zero-order chi connectivity index (χ0) is 5.70. The van der Waals surface area contributed by atoms with Crippen LogP contribution in [0.3, 0.4) is 0 Å². The number of hydrogen-bond donors (Lipinski definition) is 0. The normalized spacial score (nSPS) is 6.29. The summed E-state index contributed by atoms with van der Waals surface area (Å²) in [4.78, 5) is 0.676. The fourth-order valence-electron chi connectivity index (χ4n) is 0.160. The van der Waals surface area contributed by atoms with Gasteiger partial charge in [0, 0.05) is 4.86 Å². The minimum atomic E-state index is 0.676. The van der Waals surface area contributed by atoms with Crippen molar-refractivity contribution in [3.05, 3.63) is 31.0 Å². The molecule has 36 valence electrons. The zero-order valence-corrected chi connectivity index (χ0v) is 4.79. The van der Waals surface area contributed by atoms with Crippen molar-refractivity contribution in [2.45, 2.75) is 0 Å². The molecule has 0 atom stereocenters. The monoisotopic (exact) mass is 110 g/mol. The van der Waals surface area contributed by atoms with E-state index in [9.17, 15) is 0 Å². The molecule has 1 heteroatoms. The molecular formula is C6H6S. The molecule has 0 heterocycles. The number of hydrogen-bond acceptors (Lipinski definition) is 1. The topological polar surface area (TPSA) is 0 Å². The van der Waals surface area contributed by atoms with Crippen molar-refractivity contribution >= 4 is 17.1 Å². The lowest BCUT2D eigenvalue weighted by atomic mass is 10.4. The summed E-state index contributed by atoms with van der Waals surface area (Å²) in [6, 6.07) is 0. The summed E-state index contributed by atoms with van der Waals surface area (Å²) in [5.41, 5.74) is 2.53. The Morgan fingerprint density at radius 2 is 2.29 bits per heavy atom. The van der Waals surface area contributed by atoms with Crippen LogP contribution < -0.4 is 0 Å². The van der Waals surface area contributed by atoms with Crippen molar-refractivity contribution in [2.75, 3.05) is 0 Å². The van der Waals surface area contributed by atoms with Crippen LogP contribution in [0.1, 0.15) is 0 Å². The molecule has 0 rings (SSSR count). The highest BCUT2D eigenvalue weighted by Crippen LogP contribution is 1.76. The molecule has 0 aliphatic carbocycles. The van der Waals surface area contributed by atoms with Gasteiger partial charge in [0.2, 0.25) is 0 Å². The summed E-state index contributed by atoms with van der Waals surface area (Å²) in [5.74, 6) is 0. The molecule has 0 bridgehead atoms. The molecule has 0 unspecified atom stereocenters. The fourth-order valence-corrected chi connectivity index (χ4v) is 0.243. The summed E-state index contributed by atoms with van der Waals surface area (Å²) < 4.78 is 0. The van der Waals surface area contributed by atoms with E-state index in [0.29, 0.717) is 4.86 Å². The van der Waals surface area contributed by atoms with E-state index < -0.39 is 0 Å². The predicted molar refractivity (Wildman–Crippen MR) is 36.5 cm³/mol. The van der Waals surface area contributed by atoms with Gasteiger partial charge in [0.05, 0.1) is 0 Å². The highest BCUT2D eigenvalue weighted by Gasteiger charge is 1.72. The Morgan fingerprint density at radius 3 is 2.43 bits per heavy atom. The van der Waals surface area contributed by atoms with Crippen LogP contribution in [0.2, 0.25) is 0 Å². The molecule has 7 heavy (non-hydrogen) atoms. The molecule has 0 spiro atoms. The van der Waals surface area contributed by atoms with Gasteiger partial charge in [-0.1, -0.05) is 31.5 Å². The minimum Gasteiger partial charge on any atom is -0.127 e. The Hall–Kier alpha value is -0.650. The van der Waals surface area contributed by atoms with Gasteiger partial charge < -0.3 is 0 Å². The molecular weight excluding hydrogens is 104 g/mol. The van der Waals surface area contributed by atoms with Gasteiger partial charge in [-0.2, -0.15) is 0 Å². The van der Waals surface area contributed by atoms with E-state index in [0.717, 1.165) is 0 Å². The molecule has 0 aliphatic heterocycles. The van der Waals surface area contributed by atoms with Crippen molar-refractivity contribution < 1.29 is 0 Å². The number of allylic oxidation sites excluding steroid dienone is 2. The summed E-state index contributed by atoms with van der Waals surface area (Å²) in [6.07, 6.45) is 3.18. The Balaban J connectivity index is 3.82. The maximum absolute atomic E-state index is 4.68. The average molecular weight is 110 g/mol. The second kappa shape index (κ2) is 3.54. The highest BCUT2D eigenvalue weighted by atomic mass is 32.1. The quantitative estimate of drug-likeness (QED) is 0.297. The van der Waals surface area contributed by atoms with E-state index in [1.807, 2.05) is 0 Å². The van der Waals surface area contributed by atoms with Gasteiger partial charge in [-0.05, 0) is 6.08 Å². The third-order valence-corrected chi connectivity index (χ3v) is 0.730. The lowest BCUT2D eigenvalue weighted by Crippen LogP contribution is -1.73. The van der Waals surface area contributed by atoms with Crippen LogP contribution in [-0.2, 0) is 0 Å². The molecule has 0 aromatic heterocycles. The first kappa shape index (κ1) is 6.35. The fraction of sp³-hybridized carbons (Fsp3) is 0. The first-order chi connectivity index (χ1) is 3.31. The summed E-state index contributed by atoms with van der Waals surface area (Å²) >= 11 is 4.68. The molecule has 0 aromatic rings. The molecule has 0 aromatic carbocycles.